The average Bonchev–Trinajstić information content (AvgIpc) is 3.20. The minimum Gasteiger partial charge on any atom is -0.491 e. The Bertz CT molecular complexity index is 1550. The highest BCUT2D eigenvalue weighted by atomic mass is 16.5. The minimum absolute atomic E-state index is 0.0196. The summed E-state index contributed by atoms with van der Waals surface area (Å²) >= 11 is 0. The molecule has 0 spiro atoms. The van der Waals surface area contributed by atoms with E-state index in [4.69, 9.17) is 10.5 Å². The number of nitrogens with two attached hydrogens (primary N) is 1. The number of benzene rings is 1. The van der Waals surface area contributed by atoms with Crippen LogP contribution >= 0.6 is 0 Å². The second-order valence-electron chi connectivity index (χ2n) is 9.12. The summed E-state index contributed by atoms with van der Waals surface area (Å²) in [6.45, 7) is 5.89. The van der Waals surface area contributed by atoms with Crippen LogP contribution in [0.4, 0.5) is 5.82 Å². The second kappa shape index (κ2) is 8.84. The fraction of sp³-hybridized carbons (Fsp3) is 0.440. The van der Waals surface area contributed by atoms with Crippen LogP contribution in [-0.4, -0.2) is 49.9 Å². The van der Waals surface area contributed by atoms with Crippen molar-refractivity contribution < 1.29 is 4.74 Å². The summed E-state index contributed by atoms with van der Waals surface area (Å²) in [5, 5.41) is 0.945. The van der Waals surface area contributed by atoms with Gasteiger partial charge in [0.25, 0.3) is 5.56 Å². The van der Waals surface area contributed by atoms with Gasteiger partial charge in [-0.1, -0.05) is 18.2 Å². The van der Waals surface area contributed by atoms with Crippen molar-refractivity contribution in [3.63, 3.8) is 0 Å². The number of aromatic nitrogens is 5. The molecule has 0 saturated carbocycles. The van der Waals surface area contributed by atoms with Crippen molar-refractivity contribution in [3.05, 3.63) is 56.6 Å². The first kappa shape index (κ1) is 23.1. The molecule has 1 fully saturated rings. The van der Waals surface area contributed by atoms with Gasteiger partial charge in [0.05, 0.1) is 19.2 Å². The quantitative estimate of drug-likeness (QED) is 0.466. The molecule has 3 aromatic heterocycles. The molecular formula is C25H31N7O3. The molecule has 5 rings (SSSR count). The van der Waals surface area contributed by atoms with Gasteiger partial charge in [-0.15, -0.1) is 0 Å². The van der Waals surface area contributed by atoms with Gasteiger partial charge in [0.2, 0.25) is 0 Å². The molecule has 1 aliphatic heterocycles. The van der Waals surface area contributed by atoms with E-state index in [9.17, 15) is 9.59 Å². The van der Waals surface area contributed by atoms with E-state index in [2.05, 4.69) is 14.9 Å². The number of methoxy groups -OCH3 is 1. The summed E-state index contributed by atoms with van der Waals surface area (Å²) in [6.07, 6.45) is 1.92. The summed E-state index contributed by atoms with van der Waals surface area (Å²) in [4.78, 5) is 38.6. The zero-order chi connectivity index (χ0) is 24.9. The summed E-state index contributed by atoms with van der Waals surface area (Å²) in [5.74, 6) is 1.74. The van der Waals surface area contributed by atoms with Crippen molar-refractivity contribution >= 4 is 27.8 Å². The summed E-state index contributed by atoms with van der Waals surface area (Å²) in [5.41, 5.74) is 7.94. The predicted octanol–water partition coefficient (Wildman–Crippen LogP) is 1.76. The van der Waals surface area contributed by atoms with Gasteiger partial charge < -0.3 is 19.9 Å². The number of nitrogens with zero attached hydrogens (tertiary/aromatic N) is 6. The van der Waals surface area contributed by atoms with E-state index in [1.807, 2.05) is 42.7 Å². The second-order valence-corrected chi connectivity index (χ2v) is 9.12. The first-order valence-electron chi connectivity index (χ1n) is 12.0. The number of hydrogen-bond donors (Lipinski definition) is 1. The maximum atomic E-state index is 13.8. The van der Waals surface area contributed by atoms with Crippen molar-refractivity contribution in [2.24, 2.45) is 12.8 Å². The van der Waals surface area contributed by atoms with Gasteiger partial charge in [-0.05, 0) is 32.8 Å². The Labute approximate surface area is 202 Å². The molecule has 10 heteroatoms. The number of para-hydroxylation sites is 1. The molecule has 35 heavy (non-hydrogen) atoms. The fourth-order valence-corrected chi connectivity index (χ4v) is 5.25. The van der Waals surface area contributed by atoms with Gasteiger partial charge in [0, 0.05) is 43.8 Å². The lowest BCUT2D eigenvalue weighted by molar-refractivity contribution is 0.410. The number of fused-ring (bicyclic) bond motifs is 2. The van der Waals surface area contributed by atoms with Crippen LogP contribution in [0.3, 0.4) is 0 Å². The van der Waals surface area contributed by atoms with Crippen molar-refractivity contribution in [2.45, 2.75) is 45.8 Å². The van der Waals surface area contributed by atoms with Gasteiger partial charge in [0.1, 0.15) is 16.9 Å². The SMILES string of the molecule is CCn1c(N2CCC[C@@H](N)C2)c(OC)c2c1c(=O)n(Cc1nc(C)c3ccccc3n1)c(=O)n2C. The van der Waals surface area contributed by atoms with Crippen LogP contribution in [0.2, 0.25) is 0 Å². The number of hydrogen-bond acceptors (Lipinski definition) is 7. The highest BCUT2D eigenvalue weighted by Gasteiger charge is 2.30. The number of ether oxygens (including phenoxy) is 1. The molecule has 4 aromatic rings. The van der Waals surface area contributed by atoms with E-state index in [1.54, 1.807) is 14.2 Å². The Morgan fingerprint density at radius 1 is 1.14 bits per heavy atom. The monoisotopic (exact) mass is 477 g/mol. The highest BCUT2D eigenvalue weighted by Crippen LogP contribution is 2.38. The van der Waals surface area contributed by atoms with E-state index < -0.39 is 5.69 Å². The molecule has 0 unspecified atom stereocenters. The third-order valence-electron chi connectivity index (χ3n) is 6.89. The molecule has 1 aliphatic rings. The topological polar surface area (TPSA) is 113 Å². The lowest BCUT2D eigenvalue weighted by Crippen LogP contribution is -2.43. The van der Waals surface area contributed by atoms with Crippen LogP contribution in [0.5, 0.6) is 5.75 Å². The van der Waals surface area contributed by atoms with Gasteiger partial charge >= 0.3 is 5.69 Å². The van der Waals surface area contributed by atoms with E-state index in [0.29, 0.717) is 35.7 Å². The molecular weight excluding hydrogens is 446 g/mol. The van der Waals surface area contributed by atoms with E-state index in [-0.39, 0.29) is 18.1 Å². The van der Waals surface area contributed by atoms with Crippen molar-refractivity contribution in [2.75, 3.05) is 25.1 Å². The number of piperidine rings is 1. The Hall–Kier alpha value is -3.66. The summed E-state index contributed by atoms with van der Waals surface area (Å²) in [6, 6.07) is 7.75. The van der Waals surface area contributed by atoms with E-state index in [1.165, 1.54) is 9.13 Å². The van der Waals surface area contributed by atoms with E-state index >= 15 is 0 Å². The molecule has 10 nitrogen and oxygen atoms in total. The molecule has 1 atom stereocenters. The molecule has 4 heterocycles. The maximum Gasteiger partial charge on any atom is 0.331 e. The molecule has 2 N–H and O–H groups in total. The third-order valence-corrected chi connectivity index (χ3v) is 6.89. The molecule has 184 valence electrons. The Morgan fingerprint density at radius 2 is 1.91 bits per heavy atom. The zero-order valence-corrected chi connectivity index (χ0v) is 20.6. The summed E-state index contributed by atoms with van der Waals surface area (Å²) in [7, 11) is 3.24. The lowest BCUT2D eigenvalue weighted by Gasteiger charge is -2.33. The lowest BCUT2D eigenvalue weighted by atomic mass is 10.1. The molecule has 1 aromatic carbocycles. The van der Waals surface area contributed by atoms with Gasteiger partial charge in [-0.25, -0.2) is 14.8 Å². The minimum atomic E-state index is -0.439. The standard InChI is InChI=1S/C25H31N7O3/c1-5-31-21-20(22(35-4)23(31)30-12-8-9-16(26)13-30)29(3)25(34)32(24(21)33)14-19-27-15(2)17-10-6-7-11-18(17)28-19/h6-7,10-11,16H,5,8-9,12-14,26H2,1-4H3/t16-/m1/s1. The normalized spacial score (nSPS) is 16.4. The number of aryl methyl sites for hydroxylation is 3. The highest BCUT2D eigenvalue weighted by molar-refractivity contribution is 5.90. The Kier molecular flexibility index (Phi) is 5.84. The predicted molar refractivity (Wildman–Crippen MR) is 136 cm³/mol. The van der Waals surface area contributed by atoms with Crippen molar-refractivity contribution in [1.82, 2.24) is 23.7 Å². The maximum absolute atomic E-state index is 13.8. The van der Waals surface area contributed by atoms with Crippen LogP contribution in [-0.2, 0) is 20.1 Å². The van der Waals surface area contributed by atoms with Gasteiger partial charge in [-0.2, -0.15) is 0 Å². The van der Waals surface area contributed by atoms with Crippen LogP contribution < -0.4 is 26.6 Å². The zero-order valence-electron chi connectivity index (χ0n) is 20.6. The molecule has 0 aliphatic carbocycles. The van der Waals surface area contributed by atoms with Crippen LogP contribution in [0, 0.1) is 6.92 Å². The fourth-order valence-electron chi connectivity index (χ4n) is 5.25. The van der Waals surface area contributed by atoms with Gasteiger partial charge in [-0.3, -0.25) is 13.9 Å². The van der Waals surface area contributed by atoms with Crippen LogP contribution in [0.1, 0.15) is 31.3 Å². The first-order valence-corrected chi connectivity index (χ1v) is 12.0. The Morgan fingerprint density at radius 3 is 2.63 bits per heavy atom. The average molecular weight is 478 g/mol. The smallest absolute Gasteiger partial charge is 0.331 e. The summed E-state index contributed by atoms with van der Waals surface area (Å²) < 4.78 is 10.4. The van der Waals surface area contributed by atoms with Crippen LogP contribution in [0.25, 0.3) is 21.9 Å². The Balaban J connectivity index is 1.73. The molecule has 0 radical (unpaired) electrons. The van der Waals surface area contributed by atoms with Gasteiger partial charge in [0.15, 0.2) is 11.6 Å². The molecule has 1 saturated heterocycles. The van der Waals surface area contributed by atoms with Crippen molar-refractivity contribution in [1.29, 1.82) is 0 Å². The first-order chi connectivity index (χ1) is 16.8. The van der Waals surface area contributed by atoms with Crippen LogP contribution in [0.15, 0.2) is 33.9 Å². The third kappa shape index (κ3) is 3.68. The molecule has 0 amide bonds. The number of rotatable bonds is 5. The van der Waals surface area contributed by atoms with E-state index in [0.717, 1.165) is 41.8 Å². The largest absolute Gasteiger partial charge is 0.491 e. The number of anilines is 1. The van der Waals surface area contributed by atoms with Crippen molar-refractivity contribution in [3.8, 4) is 5.75 Å². The molecule has 0 bridgehead atoms.